The van der Waals surface area contributed by atoms with Crippen molar-refractivity contribution in [3.05, 3.63) is 16.1 Å². The van der Waals surface area contributed by atoms with E-state index in [9.17, 15) is 14.7 Å². The van der Waals surface area contributed by atoms with E-state index in [2.05, 4.69) is 4.98 Å². The second kappa shape index (κ2) is 4.66. The van der Waals surface area contributed by atoms with Crippen LogP contribution in [0.3, 0.4) is 0 Å². The van der Waals surface area contributed by atoms with Gasteiger partial charge in [0.1, 0.15) is 5.69 Å². The van der Waals surface area contributed by atoms with Gasteiger partial charge >= 0.3 is 5.97 Å². The number of rotatable bonds is 2. The van der Waals surface area contributed by atoms with Gasteiger partial charge in [-0.15, -0.1) is 11.3 Å². The molecule has 0 aliphatic carbocycles. The van der Waals surface area contributed by atoms with Crippen LogP contribution in [0.4, 0.5) is 0 Å². The molecule has 0 aromatic carbocycles. The number of carbonyl (C=O) groups excluding carboxylic acids is 1. The molecule has 2 heterocycles. The lowest BCUT2D eigenvalue weighted by atomic mass is 9.95. The first kappa shape index (κ1) is 13.0. The van der Waals surface area contributed by atoms with Crippen LogP contribution < -0.4 is 0 Å². The van der Waals surface area contributed by atoms with E-state index in [0.717, 1.165) is 17.8 Å². The molecule has 0 bridgehead atoms. The molecule has 1 amide bonds. The number of β-amino-alcohol motifs (C(OH)–C–C–N with tert-alkyl or cyclic N) is 1. The largest absolute Gasteiger partial charge is 0.476 e. The second-order valence-electron chi connectivity index (χ2n) is 4.67. The van der Waals surface area contributed by atoms with E-state index in [0.29, 0.717) is 13.0 Å². The quantitative estimate of drug-likeness (QED) is 0.830. The highest BCUT2D eigenvalue weighted by molar-refractivity contribution is 7.11. The van der Waals surface area contributed by atoms with Crippen molar-refractivity contribution < 1.29 is 19.8 Å². The van der Waals surface area contributed by atoms with Crippen LogP contribution in [0.15, 0.2) is 5.38 Å². The van der Waals surface area contributed by atoms with Crippen molar-refractivity contribution in [1.29, 1.82) is 0 Å². The molecule has 0 spiro atoms. The first-order valence-electron chi connectivity index (χ1n) is 5.59. The normalized spacial score (nSPS) is 24.0. The minimum Gasteiger partial charge on any atom is -0.476 e. The molecule has 1 atom stereocenters. The highest BCUT2D eigenvalue weighted by Gasteiger charge is 2.32. The van der Waals surface area contributed by atoms with Crippen LogP contribution in [0.2, 0.25) is 0 Å². The van der Waals surface area contributed by atoms with Crippen LogP contribution in [0.25, 0.3) is 0 Å². The summed E-state index contributed by atoms with van der Waals surface area (Å²) in [4.78, 5) is 28.1. The number of aromatic carboxylic acids is 1. The Morgan fingerprint density at radius 1 is 1.56 bits per heavy atom. The van der Waals surface area contributed by atoms with Crippen molar-refractivity contribution in [1.82, 2.24) is 9.88 Å². The summed E-state index contributed by atoms with van der Waals surface area (Å²) in [7, 11) is 0. The summed E-state index contributed by atoms with van der Waals surface area (Å²) in [5.41, 5.74) is -0.741. The molecule has 18 heavy (non-hydrogen) atoms. The maximum absolute atomic E-state index is 12.1. The van der Waals surface area contributed by atoms with Crippen LogP contribution >= 0.6 is 11.3 Å². The van der Waals surface area contributed by atoms with Crippen molar-refractivity contribution in [2.75, 3.05) is 13.1 Å². The summed E-state index contributed by atoms with van der Waals surface area (Å²) in [6, 6.07) is 0. The third-order valence-corrected chi connectivity index (χ3v) is 3.70. The summed E-state index contributed by atoms with van der Waals surface area (Å²) in [6.07, 6.45) is 1.39. The zero-order valence-corrected chi connectivity index (χ0v) is 10.7. The van der Waals surface area contributed by atoms with Crippen molar-refractivity contribution in [3.63, 3.8) is 0 Å². The van der Waals surface area contributed by atoms with Crippen LogP contribution in [-0.4, -0.2) is 50.7 Å². The summed E-state index contributed by atoms with van der Waals surface area (Å²) < 4.78 is 0. The van der Waals surface area contributed by atoms with E-state index in [-0.39, 0.29) is 23.2 Å². The fourth-order valence-corrected chi connectivity index (χ4v) is 2.65. The SMILES string of the molecule is CC1(O)CCCN(C(=O)c2csc(C(=O)O)n2)C1. The average Bonchev–Trinajstić information content (AvgIpc) is 2.76. The number of aliphatic hydroxyl groups is 1. The number of hydrogen-bond donors (Lipinski definition) is 2. The lowest BCUT2D eigenvalue weighted by Gasteiger charge is -2.36. The van der Waals surface area contributed by atoms with Gasteiger partial charge in [0.15, 0.2) is 0 Å². The molecule has 0 radical (unpaired) electrons. The fraction of sp³-hybridized carbons (Fsp3) is 0.545. The van der Waals surface area contributed by atoms with Gasteiger partial charge in [0.25, 0.3) is 5.91 Å². The van der Waals surface area contributed by atoms with Crippen molar-refractivity contribution in [3.8, 4) is 0 Å². The predicted octanol–water partition coefficient (Wildman–Crippen LogP) is 0.828. The topological polar surface area (TPSA) is 90.7 Å². The first-order valence-corrected chi connectivity index (χ1v) is 6.47. The molecule has 1 unspecified atom stereocenters. The molecule has 1 fully saturated rings. The van der Waals surface area contributed by atoms with Gasteiger partial charge in [0.05, 0.1) is 5.60 Å². The molecule has 98 valence electrons. The Morgan fingerprint density at radius 2 is 2.28 bits per heavy atom. The molecule has 0 saturated carbocycles. The molecule has 1 aromatic rings. The Hall–Kier alpha value is -1.47. The first-order chi connectivity index (χ1) is 8.39. The number of thiazole rings is 1. The number of carbonyl (C=O) groups is 2. The van der Waals surface area contributed by atoms with Gasteiger partial charge in [-0.05, 0) is 19.8 Å². The highest BCUT2D eigenvalue weighted by atomic mass is 32.1. The van der Waals surface area contributed by atoms with E-state index in [1.165, 1.54) is 10.3 Å². The minimum absolute atomic E-state index is 0.0953. The van der Waals surface area contributed by atoms with Crippen LogP contribution in [0, 0.1) is 0 Å². The molecule has 6 nitrogen and oxygen atoms in total. The van der Waals surface area contributed by atoms with Crippen LogP contribution in [0.5, 0.6) is 0 Å². The van der Waals surface area contributed by atoms with Gasteiger partial charge in [0.2, 0.25) is 5.01 Å². The van der Waals surface area contributed by atoms with Crippen LogP contribution in [-0.2, 0) is 0 Å². The Labute approximate surface area is 108 Å². The number of nitrogens with zero attached hydrogens (tertiary/aromatic N) is 2. The molecular formula is C11H14N2O4S. The van der Waals surface area contributed by atoms with Crippen molar-refractivity contribution >= 4 is 23.2 Å². The minimum atomic E-state index is -1.13. The van der Waals surface area contributed by atoms with E-state index < -0.39 is 11.6 Å². The molecule has 1 saturated heterocycles. The third-order valence-electron chi connectivity index (χ3n) is 2.87. The van der Waals surface area contributed by atoms with E-state index in [4.69, 9.17) is 5.11 Å². The zero-order chi connectivity index (χ0) is 13.3. The lowest BCUT2D eigenvalue weighted by Crippen LogP contribution is -2.48. The van der Waals surface area contributed by atoms with E-state index >= 15 is 0 Å². The maximum Gasteiger partial charge on any atom is 0.365 e. The lowest BCUT2D eigenvalue weighted by molar-refractivity contribution is -0.0109. The molecule has 2 N–H and O–H groups in total. The summed E-state index contributed by atoms with van der Waals surface area (Å²) in [5.74, 6) is -1.46. The second-order valence-corrected chi connectivity index (χ2v) is 5.53. The number of carboxylic acids is 1. The maximum atomic E-state index is 12.1. The highest BCUT2D eigenvalue weighted by Crippen LogP contribution is 2.22. The van der Waals surface area contributed by atoms with E-state index in [1.54, 1.807) is 6.92 Å². The fourth-order valence-electron chi connectivity index (χ4n) is 2.03. The monoisotopic (exact) mass is 270 g/mol. The number of amides is 1. The number of hydrogen-bond acceptors (Lipinski definition) is 5. The van der Waals surface area contributed by atoms with Gasteiger partial charge in [0, 0.05) is 18.5 Å². The summed E-state index contributed by atoms with van der Waals surface area (Å²) in [6.45, 7) is 2.51. The van der Waals surface area contributed by atoms with E-state index in [1.807, 2.05) is 0 Å². The van der Waals surface area contributed by atoms with Gasteiger partial charge in [-0.1, -0.05) is 0 Å². The standard InChI is InChI=1S/C11H14N2O4S/c1-11(17)3-2-4-13(6-11)9(14)7-5-18-8(12-7)10(15)16/h5,17H,2-4,6H2,1H3,(H,15,16). The Kier molecular flexibility index (Phi) is 3.36. The van der Waals surface area contributed by atoms with Gasteiger partial charge in [-0.2, -0.15) is 0 Å². The third kappa shape index (κ3) is 2.68. The summed E-state index contributed by atoms with van der Waals surface area (Å²) >= 11 is 0.929. The van der Waals surface area contributed by atoms with Gasteiger partial charge < -0.3 is 15.1 Å². The molecule has 2 rings (SSSR count). The average molecular weight is 270 g/mol. The smallest absolute Gasteiger partial charge is 0.365 e. The Morgan fingerprint density at radius 3 is 2.83 bits per heavy atom. The Balaban J connectivity index is 2.13. The predicted molar refractivity (Wildman–Crippen MR) is 64.8 cm³/mol. The molecule has 1 aromatic heterocycles. The molecule has 1 aliphatic rings. The summed E-state index contributed by atoms with van der Waals surface area (Å²) in [5, 5.41) is 20.0. The van der Waals surface area contributed by atoms with Crippen molar-refractivity contribution in [2.45, 2.75) is 25.4 Å². The Bertz CT molecular complexity index is 483. The number of aromatic nitrogens is 1. The molecule has 7 heteroatoms. The van der Waals surface area contributed by atoms with Gasteiger partial charge in [-0.25, -0.2) is 9.78 Å². The van der Waals surface area contributed by atoms with Crippen LogP contribution in [0.1, 0.15) is 40.1 Å². The number of piperidine rings is 1. The molecular weight excluding hydrogens is 256 g/mol. The number of carboxylic acid groups (broad SMARTS) is 1. The van der Waals surface area contributed by atoms with Crippen molar-refractivity contribution in [2.24, 2.45) is 0 Å². The number of likely N-dealkylation sites (tertiary alicyclic amines) is 1. The zero-order valence-electron chi connectivity index (χ0n) is 9.92. The molecule has 1 aliphatic heterocycles. The van der Waals surface area contributed by atoms with Gasteiger partial charge in [-0.3, -0.25) is 4.79 Å².